The molecule has 0 spiro atoms. The van der Waals surface area contributed by atoms with Crippen LogP contribution in [-0.2, 0) is 0 Å². The standard InChI is InChI=1S/C18H29N3/c1-17(2)12-15(13-18(3,4)20-17)21-11-10-19-16(21)14-8-6-5-7-9-14/h5-9,15-16,19-20H,10-13H2,1-4H3. The van der Waals surface area contributed by atoms with Gasteiger partial charge in [0.1, 0.15) is 0 Å². The highest BCUT2D eigenvalue weighted by Gasteiger charge is 2.42. The van der Waals surface area contributed by atoms with E-state index >= 15 is 0 Å². The molecule has 0 bridgehead atoms. The lowest BCUT2D eigenvalue weighted by Gasteiger charge is -2.50. The first-order valence-corrected chi connectivity index (χ1v) is 8.20. The number of nitrogens with zero attached hydrogens (tertiary/aromatic N) is 1. The minimum atomic E-state index is 0.205. The third kappa shape index (κ3) is 3.31. The van der Waals surface area contributed by atoms with Gasteiger partial charge in [0.15, 0.2) is 0 Å². The first-order chi connectivity index (χ1) is 9.86. The Balaban J connectivity index is 1.82. The summed E-state index contributed by atoms with van der Waals surface area (Å²) < 4.78 is 0. The molecule has 2 fully saturated rings. The lowest BCUT2D eigenvalue weighted by Crippen LogP contribution is -2.62. The van der Waals surface area contributed by atoms with E-state index < -0.39 is 0 Å². The highest BCUT2D eigenvalue weighted by Crippen LogP contribution is 2.35. The molecule has 2 aliphatic rings. The Hall–Kier alpha value is -0.900. The van der Waals surface area contributed by atoms with Gasteiger partial charge in [-0.1, -0.05) is 30.3 Å². The van der Waals surface area contributed by atoms with Crippen LogP contribution in [0, 0.1) is 0 Å². The van der Waals surface area contributed by atoms with Crippen molar-refractivity contribution in [3.05, 3.63) is 35.9 Å². The number of nitrogens with one attached hydrogen (secondary N) is 2. The van der Waals surface area contributed by atoms with Crippen LogP contribution in [0.2, 0.25) is 0 Å². The number of rotatable bonds is 2. The van der Waals surface area contributed by atoms with Crippen LogP contribution < -0.4 is 10.6 Å². The number of piperidine rings is 1. The Morgan fingerprint density at radius 1 is 1.00 bits per heavy atom. The zero-order valence-corrected chi connectivity index (χ0v) is 13.8. The molecule has 1 unspecified atom stereocenters. The third-order valence-corrected chi connectivity index (χ3v) is 4.79. The van der Waals surface area contributed by atoms with E-state index in [0.717, 1.165) is 13.1 Å². The fourth-order valence-electron chi connectivity index (χ4n) is 4.42. The van der Waals surface area contributed by atoms with Crippen LogP contribution in [0.15, 0.2) is 30.3 Å². The number of hydrogen-bond acceptors (Lipinski definition) is 3. The fraction of sp³-hybridized carbons (Fsp3) is 0.667. The van der Waals surface area contributed by atoms with Gasteiger partial charge in [0.05, 0.1) is 6.17 Å². The fourth-order valence-corrected chi connectivity index (χ4v) is 4.42. The van der Waals surface area contributed by atoms with E-state index in [0.29, 0.717) is 12.2 Å². The molecule has 2 N–H and O–H groups in total. The van der Waals surface area contributed by atoms with Crippen LogP contribution >= 0.6 is 0 Å². The predicted molar refractivity (Wildman–Crippen MR) is 88.2 cm³/mol. The van der Waals surface area contributed by atoms with Crippen LogP contribution in [0.1, 0.15) is 52.3 Å². The molecule has 0 aromatic heterocycles. The van der Waals surface area contributed by atoms with Crippen LogP contribution in [0.3, 0.4) is 0 Å². The third-order valence-electron chi connectivity index (χ3n) is 4.79. The van der Waals surface area contributed by atoms with Crippen LogP contribution in [0.25, 0.3) is 0 Å². The van der Waals surface area contributed by atoms with Crippen LogP contribution in [-0.4, -0.2) is 35.1 Å². The SMILES string of the molecule is CC1(C)CC(N2CCNC2c2ccccc2)CC(C)(C)N1. The second kappa shape index (κ2) is 5.38. The van der Waals surface area contributed by atoms with Crippen molar-refractivity contribution < 1.29 is 0 Å². The van der Waals surface area contributed by atoms with Gasteiger partial charge in [-0.15, -0.1) is 0 Å². The van der Waals surface area contributed by atoms with Gasteiger partial charge in [-0.3, -0.25) is 10.2 Å². The maximum absolute atomic E-state index is 3.79. The Morgan fingerprint density at radius 2 is 1.62 bits per heavy atom. The van der Waals surface area contributed by atoms with Crippen molar-refractivity contribution in [3.8, 4) is 0 Å². The Bertz CT molecular complexity index is 464. The summed E-state index contributed by atoms with van der Waals surface area (Å²) in [6.07, 6.45) is 2.80. The van der Waals surface area contributed by atoms with Crippen LogP contribution in [0.5, 0.6) is 0 Å². The Morgan fingerprint density at radius 3 is 2.24 bits per heavy atom. The highest BCUT2D eigenvalue weighted by molar-refractivity contribution is 5.20. The molecule has 3 rings (SSSR count). The first kappa shape index (κ1) is 15.0. The van der Waals surface area contributed by atoms with Crippen molar-refractivity contribution in [2.75, 3.05) is 13.1 Å². The molecule has 0 amide bonds. The van der Waals surface area contributed by atoms with Gasteiger partial charge in [-0.25, -0.2) is 0 Å². The molecule has 0 saturated carbocycles. The summed E-state index contributed by atoms with van der Waals surface area (Å²) in [5.74, 6) is 0. The molecule has 2 aliphatic heterocycles. The average Bonchev–Trinajstić information content (AvgIpc) is 2.85. The summed E-state index contributed by atoms with van der Waals surface area (Å²) in [6.45, 7) is 11.6. The predicted octanol–water partition coefficient (Wildman–Crippen LogP) is 2.90. The van der Waals surface area contributed by atoms with E-state index in [2.05, 4.69) is 73.6 Å². The number of hydrogen-bond donors (Lipinski definition) is 2. The molecule has 0 radical (unpaired) electrons. The molecule has 1 aromatic carbocycles. The van der Waals surface area contributed by atoms with Gasteiger partial charge in [0, 0.05) is 30.2 Å². The monoisotopic (exact) mass is 287 g/mol. The van der Waals surface area contributed by atoms with Crippen molar-refractivity contribution in [1.29, 1.82) is 0 Å². The lowest BCUT2D eigenvalue weighted by molar-refractivity contribution is 0.0555. The Labute approximate surface area is 129 Å². The summed E-state index contributed by atoms with van der Waals surface area (Å²) in [7, 11) is 0. The van der Waals surface area contributed by atoms with Crippen molar-refractivity contribution in [3.63, 3.8) is 0 Å². The molecule has 1 aromatic rings. The first-order valence-electron chi connectivity index (χ1n) is 8.20. The van der Waals surface area contributed by atoms with E-state index in [-0.39, 0.29) is 11.1 Å². The van der Waals surface area contributed by atoms with Gasteiger partial charge in [0.2, 0.25) is 0 Å². The second-order valence-electron chi connectivity index (χ2n) is 7.96. The van der Waals surface area contributed by atoms with Crippen LogP contribution in [0.4, 0.5) is 0 Å². The molecule has 3 nitrogen and oxygen atoms in total. The molecule has 116 valence electrons. The van der Waals surface area contributed by atoms with Crippen molar-refractivity contribution in [1.82, 2.24) is 15.5 Å². The van der Waals surface area contributed by atoms with Crippen molar-refractivity contribution in [2.45, 2.75) is 63.8 Å². The maximum Gasteiger partial charge on any atom is 0.0864 e. The normalized spacial score (nSPS) is 29.6. The maximum atomic E-state index is 3.79. The molecular weight excluding hydrogens is 258 g/mol. The van der Waals surface area contributed by atoms with E-state index in [1.165, 1.54) is 18.4 Å². The quantitative estimate of drug-likeness (QED) is 0.876. The summed E-state index contributed by atoms with van der Waals surface area (Å²) in [5.41, 5.74) is 1.80. The van der Waals surface area contributed by atoms with Crippen molar-refractivity contribution >= 4 is 0 Å². The van der Waals surface area contributed by atoms with Gasteiger partial charge in [0.25, 0.3) is 0 Å². The van der Waals surface area contributed by atoms with Gasteiger partial charge in [-0.2, -0.15) is 0 Å². The second-order valence-corrected chi connectivity index (χ2v) is 7.96. The summed E-state index contributed by atoms with van der Waals surface area (Å²) in [6, 6.07) is 11.5. The molecule has 21 heavy (non-hydrogen) atoms. The minimum Gasteiger partial charge on any atom is -0.307 e. The van der Waals surface area contributed by atoms with Crippen molar-refractivity contribution in [2.24, 2.45) is 0 Å². The summed E-state index contributed by atoms with van der Waals surface area (Å²) in [5, 5.41) is 7.47. The zero-order chi connectivity index (χ0) is 15.1. The number of benzene rings is 1. The summed E-state index contributed by atoms with van der Waals surface area (Å²) >= 11 is 0. The molecule has 2 saturated heterocycles. The highest BCUT2D eigenvalue weighted by atomic mass is 15.4. The Kier molecular flexibility index (Phi) is 3.85. The molecule has 1 atom stereocenters. The van der Waals surface area contributed by atoms with E-state index in [1.807, 2.05) is 0 Å². The molecular formula is C18H29N3. The van der Waals surface area contributed by atoms with Gasteiger partial charge < -0.3 is 5.32 Å². The molecule has 3 heteroatoms. The smallest absolute Gasteiger partial charge is 0.0864 e. The van der Waals surface area contributed by atoms with Gasteiger partial charge >= 0.3 is 0 Å². The van der Waals surface area contributed by atoms with Gasteiger partial charge in [-0.05, 0) is 46.1 Å². The molecule has 2 heterocycles. The van der Waals surface area contributed by atoms with E-state index in [9.17, 15) is 0 Å². The van der Waals surface area contributed by atoms with E-state index in [4.69, 9.17) is 0 Å². The largest absolute Gasteiger partial charge is 0.307 e. The molecule has 0 aliphatic carbocycles. The lowest BCUT2D eigenvalue weighted by atomic mass is 9.79. The topological polar surface area (TPSA) is 27.3 Å². The summed E-state index contributed by atoms with van der Waals surface area (Å²) in [4.78, 5) is 2.68. The zero-order valence-electron chi connectivity index (χ0n) is 13.8. The average molecular weight is 287 g/mol. The minimum absolute atomic E-state index is 0.205. The van der Waals surface area contributed by atoms with E-state index in [1.54, 1.807) is 0 Å².